The van der Waals surface area contributed by atoms with Gasteiger partial charge in [-0.3, -0.25) is 0 Å². The molecule has 0 saturated heterocycles. The van der Waals surface area contributed by atoms with Gasteiger partial charge in [0.1, 0.15) is 11.6 Å². The first-order valence-corrected chi connectivity index (χ1v) is 8.16. The van der Waals surface area contributed by atoms with Crippen molar-refractivity contribution in [3.8, 4) is 5.75 Å². The van der Waals surface area contributed by atoms with Crippen LogP contribution in [0.3, 0.4) is 0 Å². The monoisotopic (exact) mass is 346 g/mol. The average Bonchev–Trinajstić information content (AvgIpc) is 2.64. The van der Waals surface area contributed by atoms with Crippen LogP contribution in [0.4, 0.5) is 9.18 Å². The van der Waals surface area contributed by atoms with Gasteiger partial charge >= 0.3 is 6.03 Å². The number of carbonyl (C=O) groups excluding carboxylic acids is 1. The van der Waals surface area contributed by atoms with E-state index in [-0.39, 0.29) is 18.2 Å². The van der Waals surface area contributed by atoms with E-state index in [9.17, 15) is 14.3 Å². The lowest BCUT2D eigenvalue weighted by Gasteiger charge is -2.19. The summed E-state index contributed by atoms with van der Waals surface area (Å²) in [5.74, 6) is 0.248. The minimum absolute atomic E-state index is 0.0776. The van der Waals surface area contributed by atoms with Gasteiger partial charge in [0, 0.05) is 12.1 Å². The summed E-state index contributed by atoms with van der Waals surface area (Å²) in [6, 6.07) is 12.8. The number of hydrogen-bond donors (Lipinski definition) is 3. The second-order valence-corrected chi connectivity index (χ2v) is 5.63. The lowest BCUT2D eigenvalue weighted by atomic mass is 10.0. The Hall–Kier alpha value is -2.60. The van der Waals surface area contributed by atoms with E-state index in [0.717, 1.165) is 11.3 Å². The summed E-state index contributed by atoms with van der Waals surface area (Å²) in [5, 5.41) is 15.4. The summed E-state index contributed by atoms with van der Waals surface area (Å²) in [5.41, 5.74) is 1.11. The van der Waals surface area contributed by atoms with Gasteiger partial charge < -0.3 is 20.5 Å². The molecule has 6 heteroatoms. The predicted octanol–water partition coefficient (Wildman–Crippen LogP) is 3.32. The highest BCUT2D eigenvalue weighted by Crippen LogP contribution is 2.20. The van der Waals surface area contributed by atoms with E-state index in [0.29, 0.717) is 6.42 Å². The molecule has 2 amide bonds. The molecule has 3 N–H and O–H groups in total. The first-order chi connectivity index (χ1) is 12.0. The van der Waals surface area contributed by atoms with Crippen molar-refractivity contribution in [1.82, 2.24) is 10.6 Å². The fourth-order valence-corrected chi connectivity index (χ4v) is 2.51. The molecule has 0 saturated carbocycles. The van der Waals surface area contributed by atoms with E-state index < -0.39 is 18.0 Å². The Balaban J connectivity index is 1.90. The second-order valence-electron chi connectivity index (χ2n) is 5.63. The molecule has 5 nitrogen and oxygen atoms in total. The highest BCUT2D eigenvalue weighted by molar-refractivity contribution is 5.74. The van der Waals surface area contributed by atoms with Crippen LogP contribution in [0.1, 0.15) is 36.6 Å². The molecule has 2 unspecified atom stereocenters. The molecular weight excluding hydrogens is 323 g/mol. The molecule has 0 aliphatic rings. The zero-order valence-corrected chi connectivity index (χ0v) is 14.3. The molecule has 0 spiro atoms. The number of rotatable bonds is 7. The highest BCUT2D eigenvalue weighted by Gasteiger charge is 2.16. The summed E-state index contributed by atoms with van der Waals surface area (Å²) in [4.78, 5) is 12.1. The molecule has 0 fully saturated rings. The number of aliphatic hydroxyl groups is 1. The van der Waals surface area contributed by atoms with E-state index >= 15 is 0 Å². The van der Waals surface area contributed by atoms with Crippen molar-refractivity contribution < 1.29 is 19.0 Å². The Morgan fingerprint density at radius 2 is 1.88 bits per heavy atom. The Bertz CT molecular complexity index is 691. The van der Waals surface area contributed by atoms with Crippen molar-refractivity contribution in [2.45, 2.75) is 25.5 Å². The van der Waals surface area contributed by atoms with Crippen LogP contribution in [0.5, 0.6) is 5.75 Å². The van der Waals surface area contributed by atoms with Crippen molar-refractivity contribution in [3.63, 3.8) is 0 Å². The fraction of sp³-hybridized carbons (Fsp3) is 0.316. The van der Waals surface area contributed by atoms with Crippen LogP contribution in [0.25, 0.3) is 0 Å². The number of nitrogens with one attached hydrogen (secondary N) is 2. The Kier molecular flexibility index (Phi) is 6.77. The normalized spacial score (nSPS) is 13.0. The zero-order chi connectivity index (χ0) is 18.2. The van der Waals surface area contributed by atoms with Gasteiger partial charge in [-0.2, -0.15) is 0 Å². The number of urea groups is 1. The van der Waals surface area contributed by atoms with Crippen LogP contribution in [0, 0.1) is 5.82 Å². The SMILES string of the molecule is CCC(NC(=O)NCC(O)c1ccccc1F)c1ccc(OC)cc1. The number of benzene rings is 2. The maximum Gasteiger partial charge on any atom is 0.315 e. The molecule has 0 radical (unpaired) electrons. The standard InChI is InChI=1S/C19H23FN2O3/c1-3-17(13-8-10-14(25-2)11-9-13)22-19(24)21-12-18(23)15-6-4-5-7-16(15)20/h4-11,17-18,23H,3,12H2,1-2H3,(H2,21,22,24). The van der Waals surface area contributed by atoms with Crippen LogP contribution in [0.15, 0.2) is 48.5 Å². The average molecular weight is 346 g/mol. The molecule has 25 heavy (non-hydrogen) atoms. The summed E-state index contributed by atoms with van der Waals surface area (Å²) >= 11 is 0. The molecule has 134 valence electrons. The first kappa shape index (κ1) is 18.7. The summed E-state index contributed by atoms with van der Waals surface area (Å²) in [6.07, 6.45) is -0.400. The molecule has 0 bridgehead atoms. The second kappa shape index (κ2) is 9.03. The third-order valence-corrected chi connectivity index (χ3v) is 3.95. The molecule has 2 atom stereocenters. The zero-order valence-electron chi connectivity index (χ0n) is 14.3. The summed E-state index contributed by atoms with van der Waals surface area (Å²) < 4.78 is 18.7. The van der Waals surface area contributed by atoms with Crippen molar-refractivity contribution in [1.29, 1.82) is 0 Å². The molecule has 2 aromatic carbocycles. The summed E-state index contributed by atoms with van der Waals surface area (Å²) in [7, 11) is 1.60. The Morgan fingerprint density at radius 1 is 1.20 bits per heavy atom. The van der Waals surface area contributed by atoms with Gasteiger partial charge in [0.2, 0.25) is 0 Å². The Morgan fingerprint density at radius 3 is 2.48 bits per heavy atom. The van der Waals surface area contributed by atoms with E-state index in [2.05, 4.69) is 10.6 Å². The van der Waals surface area contributed by atoms with E-state index in [4.69, 9.17) is 4.74 Å². The van der Waals surface area contributed by atoms with Crippen molar-refractivity contribution in [2.75, 3.05) is 13.7 Å². The maximum atomic E-state index is 13.6. The van der Waals surface area contributed by atoms with E-state index in [1.165, 1.54) is 12.1 Å². The number of amides is 2. The van der Waals surface area contributed by atoms with Crippen molar-refractivity contribution in [2.24, 2.45) is 0 Å². The Labute approximate surface area is 146 Å². The van der Waals surface area contributed by atoms with Crippen LogP contribution in [0.2, 0.25) is 0 Å². The third-order valence-electron chi connectivity index (χ3n) is 3.95. The molecule has 0 aliphatic heterocycles. The quantitative estimate of drug-likeness (QED) is 0.720. The van der Waals surface area contributed by atoms with Crippen molar-refractivity contribution >= 4 is 6.03 Å². The number of halogens is 1. The smallest absolute Gasteiger partial charge is 0.315 e. The molecule has 0 aliphatic carbocycles. The van der Waals surface area contributed by atoms with Gasteiger partial charge in [0.15, 0.2) is 0 Å². The van der Waals surface area contributed by atoms with Crippen LogP contribution < -0.4 is 15.4 Å². The molecule has 0 heterocycles. The number of ether oxygens (including phenoxy) is 1. The minimum atomic E-state index is -1.10. The van der Waals surface area contributed by atoms with Gasteiger partial charge in [0.05, 0.1) is 19.3 Å². The number of hydrogen-bond acceptors (Lipinski definition) is 3. The molecular formula is C19H23FN2O3. The number of aliphatic hydroxyl groups excluding tert-OH is 1. The number of carbonyl (C=O) groups is 1. The van der Waals surface area contributed by atoms with E-state index in [1.807, 2.05) is 31.2 Å². The van der Waals surface area contributed by atoms with Gasteiger partial charge in [-0.1, -0.05) is 37.3 Å². The fourth-order valence-electron chi connectivity index (χ4n) is 2.51. The minimum Gasteiger partial charge on any atom is -0.497 e. The first-order valence-electron chi connectivity index (χ1n) is 8.16. The lowest BCUT2D eigenvalue weighted by Crippen LogP contribution is -2.39. The van der Waals surface area contributed by atoms with Crippen molar-refractivity contribution in [3.05, 3.63) is 65.5 Å². The third kappa shape index (κ3) is 5.19. The highest BCUT2D eigenvalue weighted by atomic mass is 19.1. The molecule has 0 aromatic heterocycles. The maximum absolute atomic E-state index is 13.6. The predicted molar refractivity (Wildman–Crippen MR) is 93.9 cm³/mol. The number of methoxy groups -OCH3 is 1. The van der Waals surface area contributed by atoms with Crippen LogP contribution >= 0.6 is 0 Å². The molecule has 2 aromatic rings. The van der Waals surface area contributed by atoms with E-state index in [1.54, 1.807) is 19.2 Å². The topological polar surface area (TPSA) is 70.6 Å². The van der Waals surface area contributed by atoms with Gasteiger partial charge in [-0.05, 0) is 30.2 Å². The van der Waals surface area contributed by atoms with Gasteiger partial charge in [-0.15, -0.1) is 0 Å². The summed E-state index contributed by atoms with van der Waals surface area (Å²) in [6.45, 7) is 1.88. The lowest BCUT2D eigenvalue weighted by molar-refractivity contribution is 0.168. The molecule has 2 rings (SSSR count). The van der Waals surface area contributed by atoms with Crippen LogP contribution in [-0.4, -0.2) is 24.8 Å². The van der Waals surface area contributed by atoms with Gasteiger partial charge in [-0.25, -0.2) is 9.18 Å². The largest absolute Gasteiger partial charge is 0.497 e. The van der Waals surface area contributed by atoms with Crippen LogP contribution in [-0.2, 0) is 0 Å². The van der Waals surface area contributed by atoms with Gasteiger partial charge in [0.25, 0.3) is 0 Å².